The van der Waals surface area contributed by atoms with Crippen LogP contribution in [0.3, 0.4) is 0 Å². The Morgan fingerprint density at radius 2 is 2.30 bits per heavy atom. The first-order valence-electron chi connectivity index (χ1n) is 6.76. The molecular formula is C13H15F4N3O3. The minimum Gasteiger partial charge on any atom is -0.471 e. The number of carbonyl (C=O) groups excluding carboxylic acids is 1. The standard InChI is InChI=1S/C13H15F4N3O3/c14-12(15)13(16,17)7-23-10-2-1-8(5-19-10)20-11(21)9-6-18-3-4-22-9/h1-2,5,9,12,18H,3-4,6-7H2,(H,20,21). The van der Waals surface area contributed by atoms with Crippen molar-refractivity contribution in [1.29, 1.82) is 0 Å². The molecule has 0 aromatic carbocycles. The summed E-state index contributed by atoms with van der Waals surface area (Å²) in [7, 11) is 0. The molecule has 6 nitrogen and oxygen atoms in total. The molecule has 0 bridgehead atoms. The number of hydrogen-bond donors (Lipinski definition) is 2. The SMILES string of the molecule is O=C(Nc1ccc(OCC(F)(F)C(F)F)nc1)C1CNCCO1. The van der Waals surface area contributed by atoms with Crippen molar-refractivity contribution in [2.75, 3.05) is 31.6 Å². The van der Waals surface area contributed by atoms with Crippen molar-refractivity contribution in [2.24, 2.45) is 0 Å². The first kappa shape index (κ1) is 17.4. The Labute approximate surface area is 129 Å². The number of anilines is 1. The molecule has 0 spiro atoms. The number of halogens is 4. The van der Waals surface area contributed by atoms with E-state index in [1.54, 1.807) is 0 Å². The lowest BCUT2D eigenvalue weighted by Gasteiger charge is -2.22. The molecule has 2 rings (SSSR count). The van der Waals surface area contributed by atoms with Gasteiger partial charge >= 0.3 is 12.3 Å². The molecule has 23 heavy (non-hydrogen) atoms. The van der Waals surface area contributed by atoms with Crippen molar-refractivity contribution in [3.63, 3.8) is 0 Å². The monoisotopic (exact) mass is 337 g/mol. The fourth-order valence-electron chi connectivity index (χ4n) is 1.73. The first-order valence-corrected chi connectivity index (χ1v) is 6.76. The van der Waals surface area contributed by atoms with Crippen LogP contribution in [0.2, 0.25) is 0 Å². The van der Waals surface area contributed by atoms with E-state index in [1.807, 2.05) is 0 Å². The van der Waals surface area contributed by atoms with Crippen molar-refractivity contribution in [2.45, 2.75) is 18.5 Å². The van der Waals surface area contributed by atoms with Gasteiger partial charge in [-0.25, -0.2) is 13.8 Å². The smallest absolute Gasteiger partial charge is 0.340 e. The van der Waals surface area contributed by atoms with Gasteiger partial charge in [0.25, 0.3) is 5.91 Å². The zero-order valence-corrected chi connectivity index (χ0v) is 11.9. The highest BCUT2D eigenvalue weighted by atomic mass is 19.3. The van der Waals surface area contributed by atoms with Crippen LogP contribution >= 0.6 is 0 Å². The van der Waals surface area contributed by atoms with Crippen molar-refractivity contribution >= 4 is 11.6 Å². The van der Waals surface area contributed by atoms with E-state index < -0.39 is 25.1 Å². The van der Waals surface area contributed by atoms with Crippen LogP contribution in [0.15, 0.2) is 18.3 Å². The second kappa shape index (κ2) is 7.55. The van der Waals surface area contributed by atoms with Crippen LogP contribution in [-0.4, -0.2) is 55.6 Å². The van der Waals surface area contributed by atoms with Crippen LogP contribution in [0.25, 0.3) is 0 Å². The average Bonchev–Trinajstić information content (AvgIpc) is 2.55. The van der Waals surface area contributed by atoms with Crippen LogP contribution in [0.1, 0.15) is 0 Å². The molecule has 10 heteroatoms. The molecule has 0 radical (unpaired) electrons. The number of aromatic nitrogens is 1. The molecule has 1 amide bonds. The summed E-state index contributed by atoms with van der Waals surface area (Å²) in [6.45, 7) is -0.0176. The van der Waals surface area contributed by atoms with Crippen LogP contribution in [0.4, 0.5) is 23.2 Å². The lowest BCUT2D eigenvalue weighted by Crippen LogP contribution is -2.45. The summed E-state index contributed by atoms with van der Waals surface area (Å²) >= 11 is 0. The normalized spacial score (nSPS) is 18.7. The Morgan fingerprint density at radius 3 is 2.87 bits per heavy atom. The van der Waals surface area contributed by atoms with Gasteiger partial charge < -0.3 is 20.1 Å². The van der Waals surface area contributed by atoms with Gasteiger partial charge in [0.2, 0.25) is 5.88 Å². The zero-order valence-electron chi connectivity index (χ0n) is 11.9. The molecule has 1 atom stereocenters. The van der Waals surface area contributed by atoms with Gasteiger partial charge in [-0.05, 0) is 6.07 Å². The van der Waals surface area contributed by atoms with Gasteiger partial charge in [0.1, 0.15) is 6.10 Å². The number of amides is 1. The second-order valence-electron chi connectivity index (χ2n) is 4.79. The summed E-state index contributed by atoms with van der Waals surface area (Å²) in [6, 6.07) is 2.55. The molecule has 0 aliphatic carbocycles. The molecule has 0 saturated carbocycles. The van der Waals surface area contributed by atoms with E-state index in [2.05, 4.69) is 20.4 Å². The Morgan fingerprint density at radius 1 is 1.52 bits per heavy atom. The number of nitrogens with one attached hydrogen (secondary N) is 2. The topological polar surface area (TPSA) is 72.5 Å². The number of pyridine rings is 1. The third-order valence-corrected chi connectivity index (χ3v) is 2.96. The predicted molar refractivity (Wildman–Crippen MR) is 71.9 cm³/mol. The predicted octanol–water partition coefficient (Wildman–Crippen LogP) is 1.29. The van der Waals surface area contributed by atoms with Crippen molar-refractivity contribution in [3.8, 4) is 5.88 Å². The lowest BCUT2D eigenvalue weighted by molar-refractivity contribution is -0.148. The van der Waals surface area contributed by atoms with Gasteiger partial charge in [0.05, 0.1) is 18.5 Å². The van der Waals surface area contributed by atoms with Gasteiger partial charge in [-0.3, -0.25) is 4.79 Å². The maximum Gasteiger partial charge on any atom is 0.340 e. The maximum atomic E-state index is 12.7. The lowest BCUT2D eigenvalue weighted by atomic mass is 10.3. The Hall–Kier alpha value is -1.94. The number of hydrogen-bond acceptors (Lipinski definition) is 5. The molecule has 1 aliphatic rings. The van der Waals surface area contributed by atoms with Gasteiger partial charge in [0.15, 0.2) is 6.61 Å². The third kappa shape index (κ3) is 5.03. The Bertz CT molecular complexity index is 522. The quantitative estimate of drug-likeness (QED) is 0.766. The van der Waals surface area contributed by atoms with E-state index in [0.717, 1.165) is 0 Å². The van der Waals surface area contributed by atoms with E-state index in [-0.39, 0.29) is 11.8 Å². The Kier molecular flexibility index (Phi) is 5.72. The van der Waals surface area contributed by atoms with E-state index in [4.69, 9.17) is 4.74 Å². The zero-order chi connectivity index (χ0) is 16.9. The molecule has 1 saturated heterocycles. The molecule has 128 valence electrons. The highest BCUT2D eigenvalue weighted by molar-refractivity contribution is 5.94. The molecule has 1 aromatic heterocycles. The average molecular weight is 337 g/mol. The largest absolute Gasteiger partial charge is 0.471 e. The molecule has 2 N–H and O–H groups in total. The minimum atomic E-state index is -4.25. The molecular weight excluding hydrogens is 322 g/mol. The fourth-order valence-corrected chi connectivity index (χ4v) is 1.73. The number of carbonyl (C=O) groups is 1. The van der Waals surface area contributed by atoms with Gasteiger partial charge in [0, 0.05) is 19.2 Å². The highest BCUT2D eigenvalue weighted by Crippen LogP contribution is 2.24. The fraction of sp³-hybridized carbons (Fsp3) is 0.538. The van der Waals surface area contributed by atoms with Crippen molar-refractivity contribution < 1.29 is 31.8 Å². The van der Waals surface area contributed by atoms with Crippen LogP contribution < -0.4 is 15.4 Å². The number of rotatable bonds is 6. The van der Waals surface area contributed by atoms with Gasteiger partial charge in [-0.2, -0.15) is 8.78 Å². The number of morpholine rings is 1. The minimum absolute atomic E-state index is 0.251. The maximum absolute atomic E-state index is 12.7. The van der Waals surface area contributed by atoms with Crippen molar-refractivity contribution in [1.82, 2.24) is 10.3 Å². The van der Waals surface area contributed by atoms with Crippen LogP contribution in [0, 0.1) is 0 Å². The first-order chi connectivity index (χ1) is 10.9. The van der Waals surface area contributed by atoms with E-state index >= 15 is 0 Å². The van der Waals surface area contributed by atoms with Crippen LogP contribution in [-0.2, 0) is 9.53 Å². The Balaban J connectivity index is 1.85. The van der Waals surface area contributed by atoms with Crippen molar-refractivity contribution in [3.05, 3.63) is 18.3 Å². The summed E-state index contributed by atoms with van der Waals surface area (Å²) < 4.78 is 59.2. The molecule has 1 aliphatic heterocycles. The molecule has 2 heterocycles. The summed E-state index contributed by atoms with van der Waals surface area (Å²) in [5.74, 6) is -4.88. The summed E-state index contributed by atoms with van der Waals surface area (Å²) in [6.07, 6.45) is -3.28. The third-order valence-electron chi connectivity index (χ3n) is 2.96. The molecule has 1 unspecified atom stereocenters. The highest BCUT2D eigenvalue weighted by Gasteiger charge is 2.41. The summed E-state index contributed by atoms with van der Waals surface area (Å²) in [5, 5.41) is 5.54. The summed E-state index contributed by atoms with van der Waals surface area (Å²) in [5.41, 5.74) is 0.303. The van der Waals surface area contributed by atoms with E-state index in [0.29, 0.717) is 25.4 Å². The summed E-state index contributed by atoms with van der Waals surface area (Å²) in [4.78, 5) is 15.5. The number of ether oxygens (including phenoxy) is 2. The number of nitrogens with zero attached hydrogens (tertiary/aromatic N) is 1. The second-order valence-corrected chi connectivity index (χ2v) is 4.79. The van der Waals surface area contributed by atoms with E-state index in [1.165, 1.54) is 18.3 Å². The van der Waals surface area contributed by atoms with Gasteiger partial charge in [-0.15, -0.1) is 0 Å². The molecule has 1 aromatic rings. The van der Waals surface area contributed by atoms with Crippen LogP contribution in [0.5, 0.6) is 5.88 Å². The number of alkyl halides is 4. The van der Waals surface area contributed by atoms with E-state index in [9.17, 15) is 22.4 Å². The van der Waals surface area contributed by atoms with Gasteiger partial charge in [-0.1, -0.05) is 0 Å². The molecule has 1 fully saturated rings.